The van der Waals surface area contributed by atoms with Gasteiger partial charge in [-0.05, 0) is 30.5 Å². The summed E-state index contributed by atoms with van der Waals surface area (Å²) in [5.41, 5.74) is 0. The Morgan fingerprint density at radius 2 is 2.18 bits per heavy atom. The maximum absolute atomic E-state index is 10.3. The summed E-state index contributed by atoms with van der Waals surface area (Å²) < 4.78 is 1.30. The van der Waals surface area contributed by atoms with Gasteiger partial charge in [0.15, 0.2) is 0 Å². The lowest BCUT2D eigenvalue weighted by molar-refractivity contribution is -0.137. The molecule has 0 aliphatic carbocycles. The standard InChI is InChI=1S/C13H15NO2S/c15-13(16)6-3-7-14-9-11-8-10-4-1-2-5-12(10)17-11/h1-2,4-5,8,14H,3,6-7,9H2,(H,15,16). The zero-order valence-corrected chi connectivity index (χ0v) is 10.3. The number of thiophene rings is 1. The zero-order chi connectivity index (χ0) is 12.1. The quantitative estimate of drug-likeness (QED) is 0.774. The minimum absolute atomic E-state index is 0.236. The monoisotopic (exact) mass is 249 g/mol. The fourth-order valence-corrected chi connectivity index (χ4v) is 2.73. The molecule has 1 aromatic heterocycles. The molecule has 1 heterocycles. The fraction of sp³-hybridized carbons (Fsp3) is 0.308. The number of carboxylic acid groups (broad SMARTS) is 1. The van der Waals surface area contributed by atoms with Crippen molar-refractivity contribution < 1.29 is 9.90 Å². The van der Waals surface area contributed by atoms with Crippen molar-refractivity contribution in [1.29, 1.82) is 0 Å². The van der Waals surface area contributed by atoms with Crippen LogP contribution in [0.25, 0.3) is 10.1 Å². The molecule has 1 aromatic carbocycles. The number of fused-ring (bicyclic) bond motifs is 1. The van der Waals surface area contributed by atoms with E-state index in [2.05, 4.69) is 23.5 Å². The summed E-state index contributed by atoms with van der Waals surface area (Å²) in [5, 5.41) is 13.0. The van der Waals surface area contributed by atoms with Crippen LogP contribution in [-0.2, 0) is 11.3 Å². The molecule has 90 valence electrons. The lowest BCUT2D eigenvalue weighted by atomic mass is 10.2. The highest BCUT2D eigenvalue weighted by Crippen LogP contribution is 2.24. The first-order chi connectivity index (χ1) is 8.25. The summed E-state index contributed by atoms with van der Waals surface area (Å²) in [6.45, 7) is 1.57. The maximum Gasteiger partial charge on any atom is 0.303 e. The van der Waals surface area contributed by atoms with E-state index >= 15 is 0 Å². The van der Waals surface area contributed by atoms with E-state index in [4.69, 9.17) is 5.11 Å². The average molecular weight is 249 g/mol. The molecule has 0 fully saturated rings. The Morgan fingerprint density at radius 1 is 1.35 bits per heavy atom. The highest BCUT2D eigenvalue weighted by molar-refractivity contribution is 7.19. The second-order valence-electron chi connectivity index (χ2n) is 3.92. The third kappa shape index (κ3) is 3.54. The fourth-order valence-electron chi connectivity index (χ4n) is 1.70. The molecule has 0 atom stereocenters. The topological polar surface area (TPSA) is 49.3 Å². The molecule has 2 rings (SSSR count). The molecule has 0 aliphatic rings. The number of aliphatic carboxylic acids is 1. The van der Waals surface area contributed by atoms with Gasteiger partial charge in [0.25, 0.3) is 0 Å². The normalized spacial score (nSPS) is 10.8. The first kappa shape index (κ1) is 12.1. The van der Waals surface area contributed by atoms with Crippen LogP contribution >= 0.6 is 11.3 Å². The van der Waals surface area contributed by atoms with Crippen LogP contribution in [0.5, 0.6) is 0 Å². The van der Waals surface area contributed by atoms with Crippen LogP contribution in [0.3, 0.4) is 0 Å². The van der Waals surface area contributed by atoms with Gasteiger partial charge in [-0.2, -0.15) is 0 Å². The van der Waals surface area contributed by atoms with Crippen LogP contribution in [0, 0.1) is 0 Å². The summed E-state index contributed by atoms with van der Waals surface area (Å²) >= 11 is 1.78. The largest absolute Gasteiger partial charge is 0.481 e. The third-order valence-corrected chi connectivity index (χ3v) is 3.64. The minimum Gasteiger partial charge on any atom is -0.481 e. The Morgan fingerprint density at radius 3 is 2.94 bits per heavy atom. The van der Waals surface area contributed by atoms with Gasteiger partial charge in [0.1, 0.15) is 0 Å². The first-order valence-corrected chi connectivity index (χ1v) is 6.47. The van der Waals surface area contributed by atoms with E-state index in [1.807, 2.05) is 12.1 Å². The summed E-state index contributed by atoms with van der Waals surface area (Å²) in [6, 6.07) is 10.5. The van der Waals surface area contributed by atoms with Crippen molar-refractivity contribution in [2.45, 2.75) is 19.4 Å². The van der Waals surface area contributed by atoms with Crippen molar-refractivity contribution in [3.63, 3.8) is 0 Å². The van der Waals surface area contributed by atoms with Crippen LogP contribution in [0.2, 0.25) is 0 Å². The predicted octanol–water partition coefficient (Wildman–Crippen LogP) is 2.86. The second-order valence-corrected chi connectivity index (χ2v) is 5.09. The predicted molar refractivity (Wildman–Crippen MR) is 70.4 cm³/mol. The van der Waals surface area contributed by atoms with E-state index in [9.17, 15) is 4.79 Å². The lowest BCUT2D eigenvalue weighted by Crippen LogP contribution is -2.14. The number of benzene rings is 1. The van der Waals surface area contributed by atoms with Gasteiger partial charge in [-0.15, -0.1) is 11.3 Å². The number of hydrogen-bond donors (Lipinski definition) is 2. The van der Waals surface area contributed by atoms with Gasteiger partial charge < -0.3 is 10.4 Å². The van der Waals surface area contributed by atoms with Gasteiger partial charge >= 0.3 is 5.97 Å². The summed E-state index contributed by atoms with van der Waals surface area (Å²) in [7, 11) is 0. The van der Waals surface area contributed by atoms with Gasteiger partial charge in [-0.25, -0.2) is 0 Å². The Balaban J connectivity index is 1.81. The van der Waals surface area contributed by atoms with Crippen LogP contribution in [0.15, 0.2) is 30.3 Å². The molecule has 2 aromatic rings. The second kappa shape index (κ2) is 5.80. The molecular formula is C13H15NO2S. The van der Waals surface area contributed by atoms with Gasteiger partial charge in [0.05, 0.1) is 0 Å². The van der Waals surface area contributed by atoms with Gasteiger partial charge in [0, 0.05) is 22.5 Å². The Kier molecular flexibility index (Phi) is 4.12. The molecule has 2 N–H and O–H groups in total. The number of carboxylic acids is 1. The molecule has 4 heteroatoms. The molecule has 0 unspecified atom stereocenters. The molecule has 0 aliphatic heterocycles. The summed E-state index contributed by atoms with van der Waals surface area (Å²) in [4.78, 5) is 11.6. The zero-order valence-electron chi connectivity index (χ0n) is 9.48. The van der Waals surface area contributed by atoms with Crippen LogP contribution in [-0.4, -0.2) is 17.6 Å². The molecule has 0 amide bonds. The summed E-state index contributed by atoms with van der Waals surface area (Å²) in [6.07, 6.45) is 0.916. The third-order valence-electron chi connectivity index (χ3n) is 2.52. The summed E-state index contributed by atoms with van der Waals surface area (Å²) in [5.74, 6) is -0.728. The number of nitrogens with one attached hydrogen (secondary N) is 1. The molecule has 0 saturated carbocycles. The smallest absolute Gasteiger partial charge is 0.303 e. The van der Waals surface area contributed by atoms with Gasteiger partial charge in [0.2, 0.25) is 0 Å². The molecule has 3 nitrogen and oxygen atoms in total. The number of carbonyl (C=O) groups is 1. The van der Waals surface area contributed by atoms with Crippen LogP contribution in [0.4, 0.5) is 0 Å². The van der Waals surface area contributed by atoms with E-state index in [-0.39, 0.29) is 6.42 Å². The van der Waals surface area contributed by atoms with E-state index in [0.717, 1.165) is 13.1 Å². The molecule has 17 heavy (non-hydrogen) atoms. The number of rotatable bonds is 6. The van der Waals surface area contributed by atoms with Crippen molar-refractivity contribution in [3.8, 4) is 0 Å². The van der Waals surface area contributed by atoms with Crippen molar-refractivity contribution in [2.75, 3.05) is 6.54 Å². The van der Waals surface area contributed by atoms with Gasteiger partial charge in [-0.1, -0.05) is 18.2 Å². The van der Waals surface area contributed by atoms with E-state index in [0.29, 0.717) is 6.42 Å². The Hall–Kier alpha value is -1.39. The molecular weight excluding hydrogens is 234 g/mol. The van der Waals surface area contributed by atoms with Crippen LogP contribution in [0.1, 0.15) is 17.7 Å². The first-order valence-electron chi connectivity index (χ1n) is 5.65. The molecule has 0 saturated heterocycles. The van der Waals surface area contributed by atoms with E-state index in [1.54, 1.807) is 11.3 Å². The maximum atomic E-state index is 10.3. The van der Waals surface area contributed by atoms with Gasteiger partial charge in [-0.3, -0.25) is 4.79 Å². The highest BCUT2D eigenvalue weighted by atomic mass is 32.1. The van der Waals surface area contributed by atoms with Crippen LogP contribution < -0.4 is 5.32 Å². The molecule has 0 radical (unpaired) electrons. The lowest BCUT2D eigenvalue weighted by Gasteiger charge is -2.00. The number of hydrogen-bond acceptors (Lipinski definition) is 3. The Labute approximate surface area is 104 Å². The van der Waals surface area contributed by atoms with Crippen molar-refractivity contribution in [2.24, 2.45) is 0 Å². The van der Waals surface area contributed by atoms with E-state index in [1.165, 1.54) is 15.0 Å². The SMILES string of the molecule is O=C(O)CCCNCc1cc2ccccc2s1. The Bertz CT molecular complexity index is 474. The van der Waals surface area contributed by atoms with E-state index < -0.39 is 5.97 Å². The van der Waals surface area contributed by atoms with Crippen molar-refractivity contribution in [1.82, 2.24) is 5.32 Å². The highest BCUT2D eigenvalue weighted by Gasteiger charge is 2.01. The van der Waals surface area contributed by atoms with Crippen molar-refractivity contribution in [3.05, 3.63) is 35.2 Å². The molecule has 0 spiro atoms. The van der Waals surface area contributed by atoms with Crippen molar-refractivity contribution >= 4 is 27.4 Å². The minimum atomic E-state index is -0.728. The molecule has 0 bridgehead atoms. The average Bonchev–Trinajstić information content (AvgIpc) is 2.70.